The molecule has 2 aromatic heterocycles. The highest BCUT2D eigenvalue weighted by atomic mass is 16.1. The van der Waals surface area contributed by atoms with Crippen LogP contribution in [0.4, 0.5) is 5.82 Å². The molecule has 0 saturated carbocycles. The van der Waals surface area contributed by atoms with Crippen LogP contribution in [0.15, 0.2) is 30.7 Å². The van der Waals surface area contributed by atoms with Gasteiger partial charge in [-0.25, -0.2) is 15.0 Å². The molecule has 1 amide bonds. The predicted octanol–water partition coefficient (Wildman–Crippen LogP) is 1.45. The molecule has 3 rings (SSSR count). The molecule has 0 radical (unpaired) electrons. The minimum atomic E-state index is -0.178. The summed E-state index contributed by atoms with van der Waals surface area (Å²) in [5, 5.41) is 12.3. The first-order valence-corrected chi connectivity index (χ1v) is 7.87. The predicted molar refractivity (Wildman–Crippen MR) is 88.4 cm³/mol. The smallest absolute Gasteiger partial charge is 0.270 e. The van der Waals surface area contributed by atoms with Gasteiger partial charge in [0.25, 0.3) is 5.91 Å². The SMILES string of the molecule is Cc1ccc(C#N)c(N2CCC(NC(=O)c3ccncn3)CC2)n1. The molecule has 0 bridgehead atoms. The molecule has 0 unspecified atom stereocenters. The second kappa shape index (κ2) is 7.04. The summed E-state index contributed by atoms with van der Waals surface area (Å²) in [5.41, 5.74) is 1.85. The van der Waals surface area contributed by atoms with E-state index < -0.39 is 0 Å². The van der Waals surface area contributed by atoms with E-state index in [0.29, 0.717) is 11.3 Å². The molecule has 24 heavy (non-hydrogen) atoms. The lowest BCUT2D eigenvalue weighted by atomic mass is 10.0. The molecule has 0 aromatic carbocycles. The van der Waals surface area contributed by atoms with Gasteiger partial charge < -0.3 is 10.2 Å². The van der Waals surface area contributed by atoms with Gasteiger partial charge in [-0.2, -0.15) is 5.26 Å². The summed E-state index contributed by atoms with van der Waals surface area (Å²) >= 11 is 0. The van der Waals surface area contributed by atoms with Gasteiger partial charge in [0.1, 0.15) is 23.9 Å². The molecular formula is C17H18N6O. The summed E-state index contributed by atoms with van der Waals surface area (Å²) in [5.74, 6) is 0.556. The topological polar surface area (TPSA) is 94.8 Å². The summed E-state index contributed by atoms with van der Waals surface area (Å²) in [7, 11) is 0. The van der Waals surface area contributed by atoms with E-state index in [4.69, 9.17) is 0 Å². The largest absolute Gasteiger partial charge is 0.355 e. The molecule has 3 heterocycles. The maximum Gasteiger partial charge on any atom is 0.270 e. The Morgan fingerprint density at radius 1 is 1.33 bits per heavy atom. The number of nitriles is 1. The zero-order chi connectivity index (χ0) is 16.9. The molecule has 1 aliphatic rings. The van der Waals surface area contributed by atoms with Gasteiger partial charge in [0, 0.05) is 31.0 Å². The molecular weight excluding hydrogens is 304 g/mol. The number of aryl methyl sites for hydroxylation is 1. The van der Waals surface area contributed by atoms with E-state index in [1.54, 1.807) is 18.3 Å². The number of amides is 1. The van der Waals surface area contributed by atoms with Crippen LogP contribution in [0.1, 0.15) is 34.6 Å². The number of anilines is 1. The normalized spacial score (nSPS) is 14.9. The third kappa shape index (κ3) is 3.49. The fourth-order valence-electron chi connectivity index (χ4n) is 2.79. The van der Waals surface area contributed by atoms with Crippen molar-refractivity contribution in [1.82, 2.24) is 20.3 Å². The lowest BCUT2D eigenvalue weighted by Gasteiger charge is -2.33. The number of rotatable bonds is 3. The van der Waals surface area contributed by atoms with E-state index in [1.807, 2.05) is 13.0 Å². The van der Waals surface area contributed by atoms with Crippen LogP contribution in [0.25, 0.3) is 0 Å². The highest BCUT2D eigenvalue weighted by Crippen LogP contribution is 2.22. The lowest BCUT2D eigenvalue weighted by Crippen LogP contribution is -2.45. The number of pyridine rings is 1. The third-order valence-electron chi connectivity index (χ3n) is 4.08. The molecule has 0 atom stereocenters. The Labute approximate surface area is 140 Å². The number of piperidine rings is 1. The van der Waals surface area contributed by atoms with Gasteiger partial charge in [-0.05, 0) is 38.0 Å². The van der Waals surface area contributed by atoms with Crippen molar-refractivity contribution in [3.8, 4) is 6.07 Å². The summed E-state index contributed by atoms with van der Waals surface area (Å²) in [6.07, 6.45) is 4.52. The summed E-state index contributed by atoms with van der Waals surface area (Å²) in [6, 6.07) is 7.54. The van der Waals surface area contributed by atoms with Crippen molar-refractivity contribution in [2.75, 3.05) is 18.0 Å². The van der Waals surface area contributed by atoms with Crippen LogP contribution in [0, 0.1) is 18.3 Å². The maximum absolute atomic E-state index is 12.1. The second-order valence-electron chi connectivity index (χ2n) is 5.77. The van der Waals surface area contributed by atoms with Gasteiger partial charge >= 0.3 is 0 Å². The van der Waals surface area contributed by atoms with Crippen LogP contribution >= 0.6 is 0 Å². The lowest BCUT2D eigenvalue weighted by molar-refractivity contribution is 0.0926. The number of nitrogens with zero attached hydrogens (tertiary/aromatic N) is 5. The number of hydrogen-bond donors (Lipinski definition) is 1. The Bertz CT molecular complexity index is 762. The van der Waals surface area contributed by atoms with Crippen molar-refractivity contribution >= 4 is 11.7 Å². The Balaban J connectivity index is 1.61. The molecule has 1 fully saturated rings. The van der Waals surface area contributed by atoms with E-state index in [9.17, 15) is 10.1 Å². The van der Waals surface area contributed by atoms with Crippen LogP contribution in [-0.2, 0) is 0 Å². The van der Waals surface area contributed by atoms with Gasteiger partial charge in [-0.3, -0.25) is 4.79 Å². The summed E-state index contributed by atoms with van der Waals surface area (Å²) in [6.45, 7) is 3.42. The van der Waals surface area contributed by atoms with Gasteiger partial charge in [-0.15, -0.1) is 0 Å². The van der Waals surface area contributed by atoms with Gasteiger partial charge in [0.15, 0.2) is 0 Å². The number of nitrogens with one attached hydrogen (secondary N) is 1. The van der Waals surface area contributed by atoms with Crippen molar-refractivity contribution in [2.45, 2.75) is 25.8 Å². The molecule has 0 aliphatic carbocycles. The molecule has 7 heteroatoms. The van der Waals surface area contributed by atoms with Crippen LogP contribution in [0.3, 0.4) is 0 Å². The van der Waals surface area contributed by atoms with E-state index in [0.717, 1.165) is 37.4 Å². The Morgan fingerprint density at radius 2 is 2.12 bits per heavy atom. The van der Waals surface area contributed by atoms with Crippen molar-refractivity contribution in [2.24, 2.45) is 0 Å². The fraction of sp³-hybridized carbons (Fsp3) is 0.353. The minimum absolute atomic E-state index is 0.0964. The highest BCUT2D eigenvalue weighted by Gasteiger charge is 2.23. The average molecular weight is 322 g/mol. The Hall–Kier alpha value is -3.01. The number of hydrogen-bond acceptors (Lipinski definition) is 6. The number of carbonyl (C=O) groups excluding carboxylic acids is 1. The van der Waals surface area contributed by atoms with E-state index >= 15 is 0 Å². The third-order valence-corrected chi connectivity index (χ3v) is 4.08. The first-order chi connectivity index (χ1) is 11.7. The van der Waals surface area contributed by atoms with Gasteiger partial charge in [0.2, 0.25) is 0 Å². The van der Waals surface area contributed by atoms with Crippen LogP contribution < -0.4 is 10.2 Å². The molecule has 0 spiro atoms. The van der Waals surface area contributed by atoms with E-state index in [2.05, 4.69) is 31.2 Å². The zero-order valence-corrected chi connectivity index (χ0v) is 13.4. The van der Waals surface area contributed by atoms with E-state index in [-0.39, 0.29) is 11.9 Å². The molecule has 1 aliphatic heterocycles. The van der Waals surface area contributed by atoms with Gasteiger partial charge in [0.05, 0.1) is 5.56 Å². The number of aromatic nitrogens is 3. The van der Waals surface area contributed by atoms with E-state index in [1.165, 1.54) is 6.33 Å². The van der Waals surface area contributed by atoms with Crippen LogP contribution in [0.2, 0.25) is 0 Å². The Kier molecular flexibility index (Phi) is 4.66. The summed E-state index contributed by atoms with van der Waals surface area (Å²) < 4.78 is 0. The summed E-state index contributed by atoms with van der Waals surface area (Å²) in [4.78, 5) is 26.5. The molecule has 1 N–H and O–H groups in total. The first kappa shape index (κ1) is 15.9. The van der Waals surface area contributed by atoms with Crippen molar-refractivity contribution < 1.29 is 4.79 Å². The standard InChI is InChI=1S/C17H18N6O/c1-12-2-3-13(10-18)16(21-12)23-8-5-14(6-9-23)22-17(24)15-4-7-19-11-20-15/h2-4,7,11,14H,5-6,8-9H2,1H3,(H,22,24). The second-order valence-corrected chi connectivity index (χ2v) is 5.77. The molecule has 7 nitrogen and oxygen atoms in total. The van der Waals surface area contributed by atoms with Crippen LogP contribution in [-0.4, -0.2) is 40.0 Å². The maximum atomic E-state index is 12.1. The molecule has 122 valence electrons. The van der Waals surface area contributed by atoms with Crippen LogP contribution in [0.5, 0.6) is 0 Å². The minimum Gasteiger partial charge on any atom is -0.355 e. The van der Waals surface area contributed by atoms with Crippen molar-refractivity contribution in [1.29, 1.82) is 5.26 Å². The first-order valence-electron chi connectivity index (χ1n) is 7.87. The quantitative estimate of drug-likeness (QED) is 0.919. The average Bonchev–Trinajstić information content (AvgIpc) is 2.63. The fourth-order valence-corrected chi connectivity index (χ4v) is 2.79. The van der Waals surface area contributed by atoms with Crippen molar-refractivity contribution in [3.05, 3.63) is 47.7 Å². The zero-order valence-electron chi connectivity index (χ0n) is 13.4. The molecule has 2 aromatic rings. The Morgan fingerprint density at radius 3 is 2.79 bits per heavy atom. The highest BCUT2D eigenvalue weighted by molar-refractivity contribution is 5.92. The van der Waals surface area contributed by atoms with Crippen molar-refractivity contribution in [3.63, 3.8) is 0 Å². The van der Waals surface area contributed by atoms with Gasteiger partial charge in [-0.1, -0.05) is 0 Å². The monoisotopic (exact) mass is 322 g/mol. The number of carbonyl (C=O) groups is 1. The molecule has 1 saturated heterocycles.